The third-order valence-electron chi connectivity index (χ3n) is 4.92. The zero-order chi connectivity index (χ0) is 14.7. The van der Waals surface area contributed by atoms with Crippen LogP contribution in [0.1, 0.15) is 32.6 Å². The highest BCUT2D eigenvalue weighted by Crippen LogP contribution is 2.33. The molecule has 1 saturated heterocycles. The molecule has 1 atom stereocenters. The number of ether oxygens (including phenoxy) is 1. The summed E-state index contributed by atoms with van der Waals surface area (Å²) in [6.07, 6.45) is 5.43. The standard InChI is InChI=1S/C17H25BrN2O/c1-14-12-19-17(8-2-3-9-17)13-20(14)10-11-21-16-6-4-15(18)5-7-16/h4-7,14,19H,2-3,8-13H2,1H3. The lowest BCUT2D eigenvalue weighted by Gasteiger charge is -2.45. The zero-order valence-corrected chi connectivity index (χ0v) is 14.4. The van der Waals surface area contributed by atoms with Gasteiger partial charge < -0.3 is 10.1 Å². The van der Waals surface area contributed by atoms with Crippen molar-refractivity contribution in [3.05, 3.63) is 28.7 Å². The van der Waals surface area contributed by atoms with Gasteiger partial charge in [0.05, 0.1) is 0 Å². The van der Waals surface area contributed by atoms with Gasteiger partial charge in [0.25, 0.3) is 0 Å². The summed E-state index contributed by atoms with van der Waals surface area (Å²) in [5.74, 6) is 0.955. The van der Waals surface area contributed by atoms with Crippen LogP contribution in [0.4, 0.5) is 0 Å². The van der Waals surface area contributed by atoms with Crippen LogP contribution in [0, 0.1) is 0 Å². The van der Waals surface area contributed by atoms with E-state index in [1.807, 2.05) is 24.3 Å². The van der Waals surface area contributed by atoms with Gasteiger partial charge in [-0.1, -0.05) is 28.8 Å². The summed E-state index contributed by atoms with van der Waals surface area (Å²) in [6, 6.07) is 8.69. The molecule has 21 heavy (non-hydrogen) atoms. The smallest absolute Gasteiger partial charge is 0.119 e. The molecule has 4 heteroatoms. The first-order valence-electron chi connectivity index (χ1n) is 8.04. The van der Waals surface area contributed by atoms with Crippen LogP contribution in [0.15, 0.2) is 28.7 Å². The first kappa shape index (κ1) is 15.3. The van der Waals surface area contributed by atoms with Gasteiger partial charge in [0.2, 0.25) is 0 Å². The van der Waals surface area contributed by atoms with E-state index in [4.69, 9.17) is 4.74 Å². The Balaban J connectivity index is 1.50. The van der Waals surface area contributed by atoms with Gasteiger partial charge >= 0.3 is 0 Å². The first-order chi connectivity index (χ1) is 10.2. The molecule has 1 saturated carbocycles. The maximum atomic E-state index is 5.88. The Morgan fingerprint density at radius 2 is 2.00 bits per heavy atom. The summed E-state index contributed by atoms with van der Waals surface area (Å²) in [6.45, 7) is 6.38. The van der Waals surface area contributed by atoms with Gasteiger partial charge in [0.15, 0.2) is 0 Å². The second-order valence-electron chi connectivity index (χ2n) is 6.49. The molecule has 3 rings (SSSR count). The van der Waals surface area contributed by atoms with E-state index in [0.29, 0.717) is 11.6 Å². The van der Waals surface area contributed by atoms with Crippen molar-refractivity contribution in [3.63, 3.8) is 0 Å². The summed E-state index contributed by atoms with van der Waals surface area (Å²) in [7, 11) is 0. The monoisotopic (exact) mass is 352 g/mol. The van der Waals surface area contributed by atoms with Crippen molar-refractivity contribution in [3.8, 4) is 5.75 Å². The molecule has 0 aromatic heterocycles. The lowest BCUT2D eigenvalue weighted by molar-refractivity contribution is 0.0756. The highest BCUT2D eigenvalue weighted by molar-refractivity contribution is 9.10. The summed E-state index contributed by atoms with van der Waals surface area (Å²) in [5.41, 5.74) is 0.393. The largest absolute Gasteiger partial charge is 0.492 e. The zero-order valence-electron chi connectivity index (χ0n) is 12.8. The Labute approximate surface area is 136 Å². The van der Waals surface area contributed by atoms with Gasteiger partial charge in [-0.15, -0.1) is 0 Å². The molecular weight excluding hydrogens is 328 g/mol. The predicted octanol–water partition coefficient (Wildman–Crippen LogP) is 3.43. The normalized spacial score (nSPS) is 25.3. The molecule has 116 valence electrons. The molecule has 1 spiro atoms. The fourth-order valence-corrected chi connectivity index (χ4v) is 3.86. The van der Waals surface area contributed by atoms with Gasteiger partial charge in [-0.25, -0.2) is 0 Å². The molecule has 1 heterocycles. The van der Waals surface area contributed by atoms with E-state index >= 15 is 0 Å². The number of hydrogen-bond donors (Lipinski definition) is 1. The lowest BCUT2D eigenvalue weighted by Crippen LogP contribution is -2.62. The van der Waals surface area contributed by atoms with E-state index in [0.717, 1.165) is 29.9 Å². The number of rotatable bonds is 4. The van der Waals surface area contributed by atoms with E-state index in [2.05, 4.69) is 33.1 Å². The fraction of sp³-hybridized carbons (Fsp3) is 0.647. The predicted molar refractivity (Wildman–Crippen MR) is 89.9 cm³/mol. The van der Waals surface area contributed by atoms with Crippen LogP contribution in [-0.4, -0.2) is 42.7 Å². The molecule has 1 aliphatic carbocycles. The minimum atomic E-state index is 0.393. The minimum Gasteiger partial charge on any atom is -0.492 e. The van der Waals surface area contributed by atoms with Crippen molar-refractivity contribution < 1.29 is 4.74 Å². The van der Waals surface area contributed by atoms with Crippen LogP contribution in [0.5, 0.6) is 5.75 Å². The molecule has 1 aromatic carbocycles. The molecule has 0 amide bonds. The van der Waals surface area contributed by atoms with Crippen LogP contribution < -0.4 is 10.1 Å². The van der Waals surface area contributed by atoms with Crippen molar-refractivity contribution >= 4 is 15.9 Å². The summed E-state index contributed by atoms with van der Waals surface area (Å²) in [5, 5.41) is 3.80. The van der Waals surface area contributed by atoms with Gasteiger partial charge in [0, 0.05) is 35.7 Å². The summed E-state index contributed by atoms with van der Waals surface area (Å²) in [4.78, 5) is 2.60. The highest BCUT2D eigenvalue weighted by Gasteiger charge is 2.39. The van der Waals surface area contributed by atoms with Crippen molar-refractivity contribution in [1.82, 2.24) is 10.2 Å². The molecule has 1 aliphatic heterocycles. The van der Waals surface area contributed by atoms with Gasteiger partial charge in [0.1, 0.15) is 12.4 Å². The number of nitrogens with zero attached hydrogens (tertiary/aromatic N) is 1. The average Bonchev–Trinajstić information content (AvgIpc) is 2.93. The minimum absolute atomic E-state index is 0.393. The Bertz CT molecular complexity index is 456. The van der Waals surface area contributed by atoms with E-state index in [-0.39, 0.29) is 0 Å². The number of nitrogens with one attached hydrogen (secondary N) is 1. The third-order valence-corrected chi connectivity index (χ3v) is 5.45. The number of benzene rings is 1. The van der Waals surface area contributed by atoms with Crippen LogP contribution in [0.2, 0.25) is 0 Å². The van der Waals surface area contributed by atoms with E-state index in [1.54, 1.807) is 0 Å². The molecule has 1 aromatic rings. The molecule has 2 aliphatic rings. The third kappa shape index (κ3) is 3.79. The van der Waals surface area contributed by atoms with Crippen LogP contribution in [0.3, 0.4) is 0 Å². The number of piperazine rings is 1. The second kappa shape index (κ2) is 6.67. The van der Waals surface area contributed by atoms with Crippen LogP contribution >= 0.6 is 15.9 Å². The van der Waals surface area contributed by atoms with E-state index < -0.39 is 0 Å². The Morgan fingerprint density at radius 3 is 2.71 bits per heavy atom. The van der Waals surface area contributed by atoms with Crippen molar-refractivity contribution in [1.29, 1.82) is 0 Å². The number of hydrogen-bond acceptors (Lipinski definition) is 3. The molecule has 2 fully saturated rings. The Hall–Kier alpha value is -0.580. The molecule has 0 bridgehead atoms. The molecule has 3 nitrogen and oxygen atoms in total. The maximum absolute atomic E-state index is 5.88. The fourth-order valence-electron chi connectivity index (χ4n) is 3.59. The van der Waals surface area contributed by atoms with Crippen LogP contribution in [0.25, 0.3) is 0 Å². The summed E-state index contributed by atoms with van der Waals surface area (Å²) < 4.78 is 6.97. The Kier molecular flexibility index (Phi) is 4.87. The summed E-state index contributed by atoms with van der Waals surface area (Å²) >= 11 is 3.45. The molecular formula is C17H25BrN2O. The van der Waals surface area contributed by atoms with E-state index in [9.17, 15) is 0 Å². The van der Waals surface area contributed by atoms with Crippen molar-refractivity contribution in [2.75, 3.05) is 26.2 Å². The molecule has 1 N–H and O–H groups in total. The van der Waals surface area contributed by atoms with Crippen molar-refractivity contribution in [2.24, 2.45) is 0 Å². The molecule has 0 radical (unpaired) electrons. The lowest BCUT2D eigenvalue weighted by atomic mass is 9.92. The number of halogens is 1. The highest BCUT2D eigenvalue weighted by atomic mass is 79.9. The topological polar surface area (TPSA) is 24.5 Å². The van der Waals surface area contributed by atoms with Gasteiger partial charge in [-0.3, -0.25) is 4.90 Å². The van der Waals surface area contributed by atoms with Gasteiger partial charge in [-0.05, 0) is 44.0 Å². The first-order valence-corrected chi connectivity index (χ1v) is 8.84. The quantitative estimate of drug-likeness (QED) is 0.898. The van der Waals surface area contributed by atoms with Crippen molar-refractivity contribution in [2.45, 2.75) is 44.2 Å². The average molecular weight is 353 g/mol. The maximum Gasteiger partial charge on any atom is 0.119 e. The van der Waals surface area contributed by atoms with E-state index in [1.165, 1.54) is 32.2 Å². The Morgan fingerprint density at radius 1 is 1.29 bits per heavy atom. The SMILES string of the molecule is CC1CNC2(CCCC2)CN1CCOc1ccc(Br)cc1. The van der Waals surface area contributed by atoms with Crippen LogP contribution in [-0.2, 0) is 0 Å². The van der Waals surface area contributed by atoms with Gasteiger partial charge in [-0.2, -0.15) is 0 Å². The molecule has 1 unspecified atom stereocenters. The second-order valence-corrected chi connectivity index (χ2v) is 7.41.